The standard InChI is InChI=1S/C23H23N3O3/c1-3-16-9-5-7-11-19(16)25-21-15-17(13-14-24-21)22(27)26-20-12-8-6-10-18(20)23(28)29-4-2/h5-15H,3-4H2,1-2H3,(H,24,25)(H,26,27). The van der Waals surface area contributed by atoms with Crippen LogP contribution in [-0.2, 0) is 11.2 Å². The molecule has 0 aliphatic carbocycles. The molecular formula is C23H23N3O3. The Labute approximate surface area is 169 Å². The van der Waals surface area contributed by atoms with Gasteiger partial charge in [0.05, 0.1) is 17.9 Å². The highest BCUT2D eigenvalue weighted by atomic mass is 16.5. The number of carbonyl (C=O) groups excluding carboxylic acids is 2. The summed E-state index contributed by atoms with van der Waals surface area (Å²) in [5.74, 6) is -0.246. The topological polar surface area (TPSA) is 80.3 Å². The van der Waals surface area contributed by atoms with E-state index < -0.39 is 5.97 Å². The smallest absolute Gasteiger partial charge is 0.340 e. The lowest BCUT2D eigenvalue weighted by atomic mass is 10.1. The van der Waals surface area contributed by atoms with Gasteiger partial charge in [-0.2, -0.15) is 0 Å². The average molecular weight is 389 g/mol. The molecule has 148 valence electrons. The third-order valence-corrected chi connectivity index (χ3v) is 4.35. The second-order valence-corrected chi connectivity index (χ2v) is 6.29. The molecule has 6 heteroatoms. The van der Waals surface area contributed by atoms with Gasteiger partial charge in [0.1, 0.15) is 5.82 Å². The van der Waals surface area contributed by atoms with Gasteiger partial charge in [-0.15, -0.1) is 0 Å². The van der Waals surface area contributed by atoms with Crippen LogP contribution in [0.4, 0.5) is 17.2 Å². The Morgan fingerprint density at radius 3 is 2.45 bits per heavy atom. The van der Waals surface area contributed by atoms with Crippen molar-refractivity contribution < 1.29 is 14.3 Å². The number of aryl methyl sites for hydroxylation is 1. The van der Waals surface area contributed by atoms with E-state index in [4.69, 9.17) is 4.74 Å². The van der Waals surface area contributed by atoms with Crippen molar-refractivity contribution in [2.24, 2.45) is 0 Å². The number of esters is 1. The van der Waals surface area contributed by atoms with Crippen molar-refractivity contribution in [3.8, 4) is 0 Å². The van der Waals surface area contributed by atoms with E-state index in [2.05, 4.69) is 22.5 Å². The van der Waals surface area contributed by atoms with Crippen molar-refractivity contribution in [1.29, 1.82) is 0 Å². The number of rotatable bonds is 7. The Morgan fingerprint density at radius 1 is 0.966 bits per heavy atom. The van der Waals surface area contributed by atoms with Gasteiger partial charge < -0.3 is 15.4 Å². The summed E-state index contributed by atoms with van der Waals surface area (Å²) in [6.07, 6.45) is 2.46. The number of ether oxygens (including phenoxy) is 1. The molecule has 0 saturated heterocycles. The molecule has 1 amide bonds. The fourth-order valence-corrected chi connectivity index (χ4v) is 2.90. The Bertz CT molecular complexity index is 1020. The summed E-state index contributed by atoms with van der Waals surface area (Å²) < 4.78 is 5.05. The molecule has 3 rings (SSSR count). The molecule has 1 heterocycles. The molecule has 6 nitrogen and oxygen atoms in total. The minimum atomic E-state index is -0.475. The van der Waals surface area contributed by atoms with E-state index in [0.29, 0.717) is 22.6 Å². The second kappa shape index (κ2) is 9.50. The van der Waals surface area contributed by atoms with Gasteiger partial charge in [0.25, 0.3) is 5.91 Å². The number of aromatic nitrogens is 1. The Kier molecular flexibility index (Phi) is 6.58. The van der Waals surface area contributed by atoms with E-state index in [9.17, 15) is 9.59 Å². The molecule has 29 heavy (non-hydrogen) atoms. The molecule has 0 aliphatic heterocycles. The van der Waals surface area contributed by atoms with Gasteiger partial charge >= 0.3 is 5.97 Å². The normalized spacial score (nSPS) is 10.3. The first-order chi connectivity index (χ1) is 14.1. The van der Waals surface area contributed by atoms with E-state index in [1.807, 2.05) is 24.3 Å². The highest BCUT2D eigenvalue weighted by Crippen LogP contribution is 2.22. The molecule has 2 N–H and O–H groups in total. The highest BCUT2D eigenvalue weighted by molar-refractivity contribution is 6.08. The SMILES string of the molecule is CCOC(=O)c1ccccc1NC(=O)c1ccnc(Nc2ccccc2CC)c1. The number of pyridine rings is 1. The monoisotopic (exact) mass is 389 g/mol. The number of carbonyl (C=O) groups is 2. The van der Waals surface area contributed by atoms with Crippen LogP contribution in [0.25, 0.3) is 0 Å². The van der Waals surface area contributed by atoms with Gasteiger partial charge in [-0.25, -0.2) is 9.78 Å². The third-order valence-electron chi connectivity index (χ3n) is 4.35. The molecule has 0 radical (unpaired) electrons. The summed E-state index contributed by atoms with van der Waals surface area (Å²) in [7, 11) is 0. The van der Waals surface area contributed by atoms with Crippen LogP contribution in [-0.4, -0.2) is 23.5 Å². The fraction of sp³-hybridized carbons (Fsp3) is 0.174. The predicted molar refractivity (Wildman–Crippen MR) is 114 cm³/mol. The zero-order valence-electron chi connectivity index (χ0n) is 16.4. The number of hydrogen-bond acceptors (Lipinski definition) is 5. The van der Waals surface area contributed by atoms with E-state index in [0.717, 1.165) is 17.7 Å². The van der Waals surface area contributed by atoms with Gasteiger partial charge in [0, 0.05) is 17.4 Å². The van der Waals surface area contributed by atoms with Gasteiger partial charge in [0.2, 0.25) is 0 Å². The van der Waals surface area contributed by atoms with E-state index >= 15 is 0 Å². The first-order valence-corrected chi connectivity index (χ1v) is 9.50. The van der Waals surface area contributed by atoms with Crippen molar-refractivity contribution in [2.75, 3.05) is 17.2 Å². The largest absolute Gasteiger partial charge is 0.462 e. The van der Waals surface area contributed by atoms with Crippen LogP contribution < -0.4 is 10.6 Å². The molecule has 3 aromatic rings. The average Bonchev–Trinajstić information content (AvgIpc) is 2.75. The maximum Gasteiger partial charge on any atom is 0.340 e. The molecule has 0 atom stereocenters. The van der Waals surface area contributed by atoms with Gasteiger partial charge in [-0.3, -0.25) is 4.79 Å². The quantitative estimate of drug-likeness (QED) is 0.567. The number of nitrogens with zero attached hydrogens (tertiary/aromatic N) is 1. The van der Waals surface area contributed by atoms with Crippen LogP contribution in [0.2, 0.25) is 0 Å². The number of anilines is 3. The minimum Gasteiger partial charge on any atom is -0.462 e. The molecule has 0 aliphatic rings. The van der Waals surface area contributed by atoms with Crippen molar-refractivity contribution in [3.05, 3.63) is 83.6 Å². The summed E-state index contributed by atoms with van der Waals surface area (Å²) >= 11 is 0. The summed E-state index contributed by atoms with van der Waals surface area (Å²) in [6.45, 7) is 4.08. The highest BCUT2D eigenvalue weighted by Gasteiger charge is 2.15. The number of benzene rings is 2. The molecule has 0 saturated carbocycles. The third kappa shape index (κ3) is 4.99. The van der Waals surface area contributed by atoms with Crippen LogP contribution in [0, 0.1) is 0 Å². The Hall–Kier alpha value is -3.67. The molecule has 0 fully saturated rings. The number of amides is 1. The van der Waals surface area contributed by atoms with Gasteiger partial charge in [-0.1, -0.05) is 37.3 Å². The lowest BCUT2D eigenvalue weighted by Gasteiger charge is -2.12. The molecule has 1 aromatic heterocycles. The number of nitrogens with one attached hydrogen (secondary N) is 2. The minimum absolute atomic E-state index is 0.264. The number of para-hydroxylation sites is 2. The van der Waals surface area contributed by atoms with Gasteiger partial charge in [0.15, 0.2) is 0 Å². The van der Waals surface area contributed by atoms with Crippen LogP contribution in [0.5, 0.6) is 0 Å². The number of hydrogen-bond donors (Lipinski definition) is 2. The molecule has 0 spiro atoms. The predicted octanol–water partition coefficient (Wildman–Crippen LogP) is 4.82. The zero-order valence-corrected chi connectivity index (χ0v) is 16.4. The zero-order chi connectivity index (χ0) is 20.6. The maximum absolute atomic E-state index is 12.8. The van der Waals surface area contributed by atoms with Crippen LogP contribution >= 0.6 is 0 Å². The molecule has 0 bridgehead atoms. The first kappa shape index (κ1) is 20.1. The Balaban J connectivity index is 1.79. The fourth-order valence-electron chi connectivity index (χ4n) is 2.90. The van der Waals surface area contributed by atoms with E-state index in [-0.39, 0.29) is 12.5 Å². The summed E-state index contributed by atoms with van der Waals surface area (Å²) in [6, 6.07) is 18.0. The molecule has 2 aromatic carbocycles. The van der Waals surface area contributed by atoms with Crippen LogP contribution in [0.3, 0.4) is 0 Å². The van der Waals surface area contributed by atoms with Crippen LogP contribution in [0.1, 0.15) is 40.1 Å². The summed E-state index contributed by atoms with van der Waals surface area (Å²) in [4.78, 5) is 29.2. The Morgan fingerprint density at radius 2 is 1.69 bits per heavy atom. The summed E-state index contributed by atoms with van der Waals surface area (Å²) in [5, 5.41) is 6.05. The van der Waals surface area contributed by atoms with Gasteiger partial charge in [-0.05, 0) is 49.2 Å². The van der Waals surface area contributed by atoms with Crippen molar-refractivity contribution in [3.63, 3.8) is 0 Å². The van der Waals surface area contributed by atoms with E-state index in [1.165, 1.54) is 0 Å². The van der Waals surface area contributed by atoms with Crippen molar-refractivity contribution in [1.82, 2.24) is 4.98 Å². The first-order valence-electron chi connectivity index (χ1n) is 9.50. The van der Waals surface area contributed by atoms with Crippen molar-refractivity contribution >= 4 is 29.1 Å². The van der Waals surface area contributed by atoms with Crippen LogP contribution in [0.15, 0.2) is 66.9 Å². The summed E-state index contributed by atoms with van der Waals surface area (Å²) in [5.41, 5.74) is 3.25. The molecule has 0 unspecified atom stereocenters. The van der Waals surface area contributed by atoms with Crippen molar-refractivity contribution in [2.45, 2.75) is 20.3 Å². The lowest BCUT2D eigenvalue weighted by molar-refractivity contribution is 0.0527. The molecular weight excluding hydrogens is 366 g/mol. The maximum atomic E-state index is 12.8. The lowest BCUT2D eigenvalue weighted by Crippen LogP contribution is -2.16. The van der Waals surface area contributed by atoms with E-state index in [1.54, 1.807) is 49.5 Å². The second-order valence-electron chi connectivity index (χ2n) is 6.29.